The summed E-state index contributed by atoms with van der Waals surface area (Å²) in [5.41, 5.74) is 5.57. The van der Waals surface area contributed by atoms with Gasteiger partial charge in [0.2, 0.25) is 11.5 Å². The molecule has 284 valence electrons. The normalized spacial score (nSPS) is 18.4. The van der Waals surface area contributed by atoms with Crippen LogP contribution in [0, 0.1) is 0 Å². The second kappa shape index (κ2) is 15.0. The summed E-state index contributed by atoms with van der Waals surface area (Å²) in [6.07, 6.45) is 9.61. The van der Waals surface area contributed by atoms with Gasteiger partial charge in [-0.2, -0.15) is 4.57 Å². The van der Waals surface area contributed by atoms with Crippen LogP contribution in [-0.2, 0) is 26.8 Å². The summed E-state index contributed by atoms with van der Waals surface area (Å²) in [6, 6.07) is 26.0. The molecule has 4 aromatic carbocycles. The van der Waals surface area contributed by atoms with Crippen molar-refractivity contribution in [1.29, 1.82) is 0 Å². The maximum atomic E-state index is 11.9. The Bertz CT molecular complexity index is 2770. The third-order valence-electron chi connectivity index (χ3n) is 10.2. The Morgan fingerprint density at radius 3 is 2.53 bits per heavy atom. The number of halogens is 1. The summed E-state index contributed by atoms with van der Waals surface area (Å²) in [4.78, 5) is 1.97. The molecule has 0 bridgehead atoms. The zero-order valence-corrected chi connectivity index (χ0v) is 33.7. The Morgan fingerprint density at radius 1 is 0.964 bits per heavy atom. The van der Waals surface area contributed by atoms with Crippen LogP contribution in [0.3, 0.4) is 0 Å². The van der Waals surface area contributed by atoms with E-state index in [4.69, 9.17) is 9.15 Å². The number of aryl methyl sites for hydroxylation is 1. The Labute approximate surface area is 331 Å². The van der Waals surface area contributed by atoms with E-state index in [1.54, 1.807) is 17.6 Å². The Kier molecular flexibility index (Phi) is 10.2. The van der Waals surface area contributed by atoms with E-state index in [2.05, 4.69) is 44.8 Å². The maximum Gasteiger partial charge on any atom is 0.267 e. The number of rotatable bonds is 11. The number of fused-ring (bicyclic) bond motifs is 6. The highest BCUT2D eigenvalue weighted by Crippen LogP contribution is 2.46. The van der Waals surface area contributed by atoms with E-state index in [0.29, 0.717) is 30.2 Å². The lowest BCUT2D eigenvalue weighted by Crippen LogP contribution is -2.37. The van der Waals surface area contributed by atoms with Crippen molar-refractivity contribution in [2.75, 3.05) is 17.2 Å². The van der Waals surface area contributed by atoms with Gasteiger partial charge >= 0.3 is 0 Å². The molecule has 0 amide bonds. The van der Waals surface area contributed by atoms with Gasteiger partial charge < -0.3 is 23.2 Å². The van der Waals surface area contributed by atoms with Crippen LogP contribution in [0.5, 0.6) is 5.75 Å². The first-order valence-corrected chi connectivity index (χ1v) is 22.5. The molecule has 0 N–H and O–H groups in total. The summed E-state index contributed by atoms with van der Waals surface area (Å²) in [7, 11) is -8.88. The molecule has 2 unspecified atom stereocenters. The number of benzene rings is 4. The summed E-state index contributed by atoms with van der Waals surface area (Å²) >= 11 is 5.14. The van der Waals surface area contributed by atoms with Gasteiger partial charge in [-0.3, -0.25) is 0 Å². The SMILES string of the molecule is CC(CC[n+]1c(/C=C2C=C(/C=C3\Oc4ccc5ccccc5c4N3CCCS(=O)(=O)[O-])CC(c3ccc(Br)cc3)C/2)sc2ccc3ccoc3c21)S(=O)(=O)[O-]. The molecule has 55 heavy (non-hydrogen) atoms. The number of allylic oxidation sites excluding steroid dienone is 4. The predicted molar refractivity (Wildman–Crippen MR) is 217 cm³/mol. The van der Waals surface area contributed by atoms with Crippen LogP contribution in [0.15, 0.2) is 123 Å². The lowest BCUT2D eigenvalue weighted by atomic mass is 9.81. The fourth-order valence-electron chi connectivity index (χ4n) is 7.49. The molecule has 3 heterocycles. The molecule has 0 fully saturated rings. The smallest absolute Gasteiger partial charge is 0.267 e. The molecule has 2 atom stereocenters. The predicted octanol–water partition coefficient (Wildman–Crippen LogP) is 8.74. The van der Waals surface area contributed by atoms with Gasteiger partial charge in [0, 0.05) is 46.1 Å². The van der Waals surface area contributed by atoms with Crippen molar-refractivity contribution < 1.29 is 39.7 Å². The van der Waals surface area contributed by atoms with Gasteiger partial charge in [0.25, 0.3) is 10.5 Å². The van der Waals surface area contributed by atoms with Crippen molar-refractivity contribution in [1.82, 2.24) is 0 Å². The molecule has 2 aromatic heterocycles. The third-order valence-corrected chi connectivity index (χ3v) is 13.9. The van der Waals surface area contributed by atoms with Crippen LogP contribution < -0.4 is 14.2 Å². The van der Waals surface area contributed by atoms with Gasteiger partial charge in [-0.1, -0.05) is 75.8 Å². The van der Waals surface area contributed by atoms with E-state index in [0.717, 1.165) is 64.7 Å². The molecule has 1 aliphatic carbocycles. The van der Waals surface area contributed by atoms with Crippen molar-refractivity contribution >= 4 is 91.2 Å². The average Bonchev–Trinajstić information content (AvgIpc) is 3.85. The Hall–Kier alpha value is -4.31. The second-order valence-electron chi connectivity index (χ2n) is 14.0. The Balaban J connectivity index is 1.24. The minimum Gasteiger partial charge on any atom is -0.748 e. The average molecular weight is 861 g/mol. The molecule has 10 nitrogen and oxygen atoms in total. The number of thiazole rings is 1. The van der Waals surface area contributed by atoms with Crippen molar-refractivity contribution in [2.45, 2.75) is 50.3 Å². The van der Waals surface area contributed by atoms with E-state index >= 15 is 0 Å². The summed E-state index contributed by atoms with van der Waals surface area (Å²) < 4.78 is 86.9. The van der Waals surface area contributed by atoms with Gasteiger partial charge in [0.05, 0.1) is 37.4 Å². The molecule has 0 saturated heterocycles. The van der Waals surface area contributed by atoms with Gasteiger partial charge in [-0.25, -0.2) is 16.8 Å². The van der Waals surface area contributed by atoms with Crippen LogP contribution in [0.1, 0.15) is 49.1 Å². The third kappa shape index (κ3) is 8.02. The summed E-state index contributed by atoms with van der Waals surface area (Å²) in [5, 5.41) is 2.71. The maximum absolute atomic E-state index is 11.9. The van der Waals surface area contributed by atoms with E-state index in [-0.39, 0.29) is 25.3 Å². The van der Waals surface area contributed by atoms with Gasteiger partial charge in [-0.05, 0) is 90.6 Å². The molecule has 0 radical (unpaired) electrons. The highest BCUT2D eigenvalue weighted by Gasteiger charge is 2.31. The molecule has 8 rings (SSSR count). The number of hydrogen-bond acceptors (Lipinski definition) is 10. The Morgan fingerprint density at radius 2 is 1.75 bits per heavy atom. The minimum absolute atomic E-state index is 0.102. The van der Waals surface area contributed by atoms with Crippen LogP contribution in [0.4, 0.5) is 5.69 Å². The van der Waals surface area contributed by atoms with Crippen LogP contribution >= 0.6 is 27.3 Å². The highest BCUT2D eigenvalue weighted by molar-refractivity contribution is 9.10. The van der Waals surface area contributed by atoms with Crippen molar-refractivity contribution in [3.8, 4) is 5.75 Å². The van der Waals surface area contributed by atoms with E-state index in [1.165, 1.54) is 6.92 Å². The fraction of sp³-hybridized carbons (Fsp3) is 0.244. The minimum atomic E-state index is -4.47. The lowest BCUT2D eigenvalue weighted by Gasteiger charge is -2.25. The number of anilines is 1. The largest absolute Gasteiger partial charge is 0.748 e. The molecule has 1 aliphatic heterocycles. The first kappa shape index (κ1) is 37.6. The van der Waals surface area contributed by atoms with E-state index < -0.39 is 31.2 Å². The first-order chi connectivity index (χ1) is 26.3. The van der Waals surface area contributed by atoms with Crippen LogP contribution in [0.25, 0.3) is 38.0 Å². The number of aromatic nitrogens is 1. The van der Waals surface area contributed by atoms with E-state index in [1.807, 2.05) is 77.7 Å². The monoisotopic (exact) mass is 859 g/mol. The molecule has 0 spiro atoms. The van der Waals surface area contributed by atoms with Crippen molar-refractivity contribution in [2.24, 2.45) is 0 Å². The van der Waals surface area contributed by atoms with Gasteiger partial charge in [0.15, 0.2) is 12.3 Å². The number of hydrogen-bond donors (Lipinski definition) is 0. The van der Waals surface area contributed by atoms with Crippen molar-refractivity contribution in [3.63, 3.8) is 0 Å². The second-order valence-corrected chi connectivity index (χ2v) is 19.3. The molecular formula is C41H36BrN2O8S3-. The zero-order chi connectivity index (χ0) is 38.5. The summed E-state index contributed by atoms with van der Waals surface area (Å²) in [6.45, 7) is 2.01. The quantitative estimate of drug-likeness (QED) is 0.0923. The molecular weight excluding hydrogens is 825 g/mol. The molecule has 14 heteroatoms. The zero-order valence-electron chi connectivity index (χ0n) is 29.7. The topological polar surface area (TPSA) is 144 Å². The van der Waals surface area contributed by atoms with Gasteiger partial charge in [0.1, 0.15) is 4.70 Å². The van der Waals surface area contributed by atoms with E-state index in [9.17, 15) is 25.9 Å². The number of nitrogens with zero attached hydrogens (tertiary/aromatic N) is 2. The number of furan rings is 1. The standard InChI is InChI=1S/C41H37BrN2O8S3/c1-26(55(48,49)50)15-18-44-38(53-36-14-10-31-16-19-51-41(31)40(36)44)25-28-21-27(22-32(23-28)29-7-11-33(42)12-8-29)24-37-43(17-4-20-54(45,46)47)39-34-6-3-2-5-30(34)9-13-35(39)52-37/h2-3,5-14,16,19,21,24-26,32H,4,15,17-18,20,22-23H2,1H3,(H-,45,46,47,48,49,50)/p-1. The summed E-state index contributed by atoms with van der Waals surface area (Å²) in [5.74, 6) is 0.806. The lowest BCUT2D eigenvalue weighted by molar-refractivity contribution is -0.668. The van der Waals surface area contributed by atoms with Crippen LogP contribution in [0.2, 0.25) is 0 Å². The van der Waals surface area contributed by atoms with Crippen molar-refractivity contribution in [3.05, 3.63) is 129 Å². The first-order valence-electron chi connectivity index (χ1n) is 17.9. The van der Waals surface area contributed by atoms with Crippen LogP contribution in [-0.4, -0.2) is 43.5 Å². The molecule has 6 aromatic rings. The van der Waals surface area contributed by atoms with Gasteiger partial charge in [-0.15, -0.1) is 0 Å². The fourth-order valence-corrected chi connectivity index (χ4v) is 9.79. The molecule has 2 aliphatic rings. The highest BCUT2D eigenvalue weighted by atomic mass is 79.9. The number of ether oxygens (including phenoxy) is 1. The molecule has 0 saturated carbocycles.